The number of anilines is 1. The lowest BCUT2D eigenvalue weighted by Gasteiger charge is -2.34. The number of nitrogens with one attached hydrogen (secondary N) is 1. The summed E-state index contributed by atoms with van der Waals surface area (Å²) in [6.07, 6.45) is 2.94. The first-order valence-electron chi connectivity index (χ1n) is 12.5. The van der Waals surface area contributed by atoms with Gasteiger partial charge in [-0.25, -0.2) is 4.39 Å². The number of aromatic hydroxyl groups is 1. The number of hydrogen-bond donors (Lipinski definition) is 2. The number of halogens is 2. The van der Waals surface area contributed by atoms with Crippen LogP contribution in [-0.4, -0.2) is 51.7 Å². The molecule has 1 unspecified atom stereocenters. The molecule has 36 heavy (non-hydrogen) atoms. The van der Waals surface area contributed by atoms with Crippen molar-refractivity contribution in [2.75, 3.05) is 23.3 Å². The van der Waals surface area contributed by atoms with Gasteiger partial charge in [-0.1, -0.05) is 46.3 Å². The Bertz CT molecular complexity index is 1440. The zero-order chi connectivity index (χ0) is 24.8. The Kier molecular flexibility index (Phi) is 6.17. The summed E-state index contributed by atoms with van der Waals surface area (Å²) in [4.78, 5) is 11.6. The molecule has 0 aliphatic carbocycles. The van der Waals surface area contributed by atoms with E-state index in [2.05, 4.69) is 31.1 Å². The maximum atomic E-state index is 16.3. The van der Waals surface area contributed by atoms with Crippen LogP contribution in [0.5, 0.6) is 11.8 Å². The second kappa shape index (κ2) is 9.48. The number of nitrogens with zero attached hydrogens (tertiary/aromatic N) is 3. The molecule has 6 nitrogen and oxygen atoms in total. The van der Waals surface area contributed by atoms with Gasteiger partial charge >= 0.3 is 6.01 Å². The van der Waals surface area contributed by atoms with Crippen LogP contribution in [0.25, 0.3) is 32.8 Å². The van der Waals surface area contributed by atoms with Crippen molar-refractivity contribution < 1.29 is 14.2 Å². The standard InChI is InChI=1S/C28H28BrFN4O2/c1-16(10-11-29)36-28-32-26-23(27(33-28)34-14-18-6-7-19(15-34)31-18)9-8-22(25(26)30)24-13-20(35)12-17-4-2-3-5-21(17)24/h2-5,8-9,12-13,16,18-19,31,35H,6-7,10-11,14-15H2,1H3/t16?,18-,19+. The second-order valence-corrected chi connectivity index (χ2v) is 10.6. The summed E-state index contributed by atoms with van der Waals surface area (Å²) < 4.78 is 22.4. The Morgan fingerprint density at radius 1 is 1.08 bits per heavy atom. The fourth-order valence-electron chi connectivity index (χ4n) is 5.51. The van der Waals surface area contributed by atoms with Crippen molar-refractivity contribution >= 4 is 43.4 Å². The van der Waals surface area contributed by atoms with E-state index in [0.29, 0.717) is 34.4 Å². The molecule has 6 rings (SSSR count). The van der Waals surface area contributed by atoms with Crippen LogP contribution >= 0.6 is 15.9 Å². The fraction of sp³-hybridized carbons (Fsp3) is 0.357. The van der Waals surface area contributed by atoms with Crippen LogP contribution in [0.1, 0.15) is 26.2 Å². The van der Waals surface area contributed by atoms with E-state index in [1.807, 2.05) is 37.3 Å². The molecule has 4 aromatic rings. The van der Waals surface area contributed by atoms with E-state index < -0.39 is 5.82 Å². The molecule has 0 amide bonds. The van der Waals surface area contributed by atoms with E-state index in [4.69, 9.17) is 9.72 Å². The van der Waals surface area contributed by atoms with Gasteiger partial charge in [-0.15, -0.1) is 0 Å². The molecule has 2 aliphatic heterocycles. The minimum absolute atomic E-state index is 0.0930. The van der Waals surface area contributed by atoms with E-state index in [9.17, 15) is 5.11 Å². The molecule has 3 aromatic carbocycles. The molecule has 2 saturated heterocycles. The van der Waals surface area contributed by atoms with Crippen LogP contribution < -0.4 is 15.0 Å². The molecule has 1 aromatic heterocycles. The van der Waals surface area contributed by atoms with Crippen molar-refractivity contribution in [1.29, 1.82) is 0 Å². The summed E-state index contributed by atoms with van der Waals surface area (Å²) in [5.74, 6) is 0.365. The molecule has 2 aliphatic rings. The molecule has 0 spiro atoms. The van der Waals surface area contributed by atoms with Gasteiger partial charge in [-0.05, 0) is 60.7 Å². The van der Waals surface area contributed by atoms with E-state index in [1.54, 1.807) is 18.2 Å². The van der Waals surface area contributed by atoms with Gasteiger partial charge in [0.15, 0.2) is 5.82 Å². The summed E-state index contributed by atoms with van der Waals surface area (Å²) >= 11 is 3.46. The maximum absolute atomic E-state index is 16.3. The van der Waals surface area contributed by atoms with Crippen molar-refractivity contribution in [3.05, 3.63) is 54.3 Å². The van der Waals surface area contributed by atoms with Gasteiger partial charge in [0.1, 0.15) is 23.2 Å². The first kappa shape index (κ1) is 23.4. The lowest BCUT2D eigenvalue weighted by atomic mass is 9.96. The van der Waals surface area contributed by atoms with Crippen molar-refractivity contribution in [1.82, 2.24) is 15.3 Å². The molecule has 8 heteroatoms. The van der Waals surface area contributed by atoms with Crippen molar-refractivity contribution in [2.24, 2.45) is 0 Å². The first-order valence-corrected chi connectivity index (χ1v) is 13.6. The molecule has 3 heterocycles. The molecular formula is C28H28BrFN4O2. The highest BCUT2D eigenvalue weighted by molar-refractivity contribution is 9.09. The van der Waals surface area contributed by atoms with Gasteiger partial charge < -0.3 is 20.1 Å². The number of phenolic OH excluding ortho intramolecular Hbond substituents is 1. The lowest BCUT2D eigenvalue weighted by molar-refractivity contribution is 0.201. The zero-order valence-corrected chi connectivity index (χ0v) is 21.6. The largest absolute Gasteiger partial charge is 0.508 e. The third-order valence-corrected chi connectivity index (χ3v) is 7.70. The van der Waals surface area contributed by atoms with Gasteiger partial charge in [0.25, 0.3) is 0 Å². The molecule has 2 bridgehead atoms. The summed E-state index contributed by atoms with van der Waals surface area (Å²) in [5, 5.41) is 17.2. The number of piperazine rings is 1. The number of phenols is 1. The molecule has 2 fully saturated rings. The number of aromatic nitrogens is 2. The first-order chi connectivity index (χ1) is 17.5. The van der Waals surface area contributed by atoms with Crippen LogP contribution in [0.15, 0.2) is 48.5 Å². The molecule has 2 N–H and O–H groups in total. The zero-order valence-electron chi connectivity index (χ0n) is 20.0. The fourth-order valence-corrected chi connectivity index (χ4v) is 6.15. The number of alkyl halides is 1. The van der Waals surface area contributed by atoms with Crippen LogP contribution in [-0.2, 0) is 0 Å². The number of ether oxygens (including phenoxy) is 1. The van der Waals surface area contributed by atoms with Gasteiger partial charge in [-0.3, -0.25) is 0 Å². The van der Waals surface area contributed by atoms with E-state index in [0.717, 1.165) is 48.5 Å². The van der Waals surface area contributed by atoms with E-state index in [-0.39, 0.29) is 23.4 Å². The number of fused-ring (bicyclic) bond motifs is 4. The van der Waals surface area contributed by atoms with Crippen molar-refractivity contribution in [3.63, 3.8) is 0 Å². The van der Waals surface area contributed by atoms with Gasteiger partial charge in [0.05, 0.1) is 0 Å². The monoisotopic (exact) mass is 550 g/mol. The van der Waals surface area contributed by atoms with E-state index >= 15 is 4.39 Å². The topological polar surface area (TPSA) is 70.5 Å². The summed E-state index contributed by atoms with van der Waals surface area (Å²) in [5.41, 5.74) is 1.25. The Morgan fingerprint density at radius 2 is 1.86 bits per heavy atom. The summed E-state index contributed by atoms with van der Waals surface area (Å²) in [6, 6.07) is 15.6. The lowest BCUT2D eigenvalue weighted by Crippen LogP contribution is -2.51. The number of benzene rings is 3. The SMILES string of the molecule is CC(CCBr)Oc1nc(N2C[C@H]3CC[C@@H](C2)N3)c2ccc(-c3cc(O)cc4ccccc34)c(F)c2n1. The van der Waals surface area contributed by atoms with Crippen LogP contribution in [0, 0.1) is 5.82 Å². The minimum Gasteiger partial charge on any atom is -0.508 e. The van der Waals surface area contributed by atoms with Gasteiger partial charge in [0, 0.05) is 41.5 Å². The predicted molar refractivity (Wildman–Crippen MR) is 145 cm³/mol. The Labute approximate surface area is 217 Å². The van der Waals surface area contributed by atoms with Crippen LogP contribution in [0.4, 0.5) is 10.2 Å². The smallest absolute Gasteiger partial charge is 0.319 e. The normalized spacial score (nSPS) is 20.2. The average molecular weight is 551 g/mol. The minimum atomic E-state index is -0.442. The maximum Gasteiger partial charge on any atom is 0.319 e. The van der Waals surface area contributed by atoms with Crippen molar-refractivity contribution in [2.45, 2.75) is 44.4 Å². The molecule has 186 valence electrons. The Morgan fingerprint density at radius 3 is 2.64 bits per heavy atom. The molecule has 0 radical (unpaired) electrons. The van der Waals surface area contributed by atoms with Crippen molar-refractivity contribution in [3.8, 4) is 22.9 Å². The number of hydrogen-bond acceptors (Lipinski definition) is 6. The highest BCUT2D eigenvalue weighted by atomic mass is 79.9. The third kappa shape index (κ3) is 4.26. The Hall–Kier alpha value is -2.97. The van der Waals surface area contributed by atoms with Gasteiger partial charge in [-0.2, -0.15) is 9.97 Å². The summed E-state index contributed by atoms with van der Waals surface area (Å²) in [6.45, 7) is 3.60. The molecular weight excluding hydrogens is 523 g/mol. The average Bonchev–Trinajstić information content (AvgIpc) is 3.21. The highest BCUT2D eigenvalue weighted by Gasteiger charge is 2.34. The molecule has 3 atom stereocenters. The predicted octanol–water partition coefficient (Wildman–Crippen LogP) is 5.79. The second-order valence-electron chi connectivity index (χ2n) is 9.82. The number of rotatable bonds is 6. The third-order valence-electron chi connectivity index (χ3n) is 7.24. The molecule has 0 saturated carbocycles. The highest BCUT2D eigenvalue weighted by Crippen LogP contribution is 2.39. The van der Waals surface area contributed by atoms with Crippen LogP contribution in [0.2, 0.25) is 0 Å². The van der Waals surface area contributed by atoms with Crippen LogP contribution in [0.3, 0.4) is 0 Å². The summed E-state index contributed by atoms with van der Waals surface area (Å²) in [7, 11) is 0. The van der Waals surface area contributed by atoms with E-state index in [1.165, 1.54) is 0 Å². The quantitative estimate of drug-likeness (QED) is 0.296. The Balaban J connectivity index is 1.53. The van der Waals surface area contributed by atoms with Gasteiger partial charge in [0.2, 0.25) is 0 Å².